The second-order valence-electron chi connectivity index (χ2n) is 7.63. The number of nitrogens with zero attached hydrogens (tertiary/aromatic N) is 2. The highest BCUT2D eigenvalue weighted by Gasteiger charge is 2.31. The second kappa shape index (κ2) is 7.62. The molecule has 1 atom stereocenters. The highest BCUT2D eigenvalue weighted by Crippen LogP contribution is 2.38. The van der Waals surface area contributed by atoms with Crippen LogP contribution in [0.25, 0.3) is 0 Å². The SMILES string of the molecule is O=C(Nc1nc2c(s1)CCCCC2)N1CCCC1c1ccc2c(c1)OCCO2. The fraction of sp³-hybridized carbons (Fsp3) is 0.524. The molecule has 2 aromatic rings. The van der Waals surface area contributed by atoms with Crippen LogP contribution in [-0.4, -0.2) is 35.7 Å². The third kappa shape index (κ3) is 3.43. The fourth-order valence-corrected chi connectivity index (χ4v) is 5.41. The molecule has 5 rings (SSSR count). The van der Waals surface area contributed by atoms with Crippen molar-refractivity contribution in [2.75, 3.05) is 25.1 Å². The number of carbonyl (C=O) groups is 1. The first-order valence-electron chi connectivity index (χ1n) is 10.2. The quantitative estimate of drug-likeness (QED) is 0.753. The highest BCUT2D eigenvalue weighted by molar-refractivity contribution is 7.15. The number of ether oxygens (including phenoxy) is 2. The number of anilines is 1. The normalized spacial score (nSPS) is 21.1. The maximum Gasteiger partial charge on any atom is 0.324 e. The lowest BCUT2D eigenvalue weighted by Gasteiger charge is -2.26. The lowest BCUT2D eigenvalue weighted by Crippen LogP contribution is -2.34. The average Bonchev–Trinajstić information content (AvgIpc) is 3.30. The molecule has 2 aliphatic heterocycles. The molecule has 148 valence electrons. The zero-order valence-corrected chi connectivity index (χ0v) is 16.7. The Morgan fingerprint density at radius 3 is 2.89 bits per heavy atom. The number of fused-ring (bicyclic) bond motifs is 2. The van der Waals surface area contributed by atoms with Gasteiger partial charge in [0.25, 0.3) is 0 Å². The Morgan fingerprint density at radius 1 is 1.11 bits per heavy atom. The maximum absolute atomic E-state index is 13.0. The van der Waals surface area contributed by atoms with Gasteiger partial charge in [-0.15, -0.1) is 11.3 Å². The van der Waals surface area contributed by atoms with Crippen LogP contribution in [0.5, 0.6) is 11.5 Å². The van der Waals surface area contributed by atoms with Crippen LogP contribution in [-0.2, 0) is 12.8 Å². The van der Waals surface area contributed by atoms with E-state index in [0.717, 1.165) is 54.4 Å². The number of urea groups is 1. The van der Waals surface area contributed by atoms with Crippen LogP contribution in [0.2, 0.25) is 0 Å². The smallest absolute Gasteiger partial charge is 0.324 e. The van der Waals surface area contributed by atoms with Gasteiger partial charge in [0.15, 0.2) is 16.6 Å². The summed E-state index contributed by atoms with van der Waals surface area (Å²) in [6, 6.07) is 6.04. The Balaban J connectivity index is 1.32. The van der Waals surface area contributed by atoms with Gasteiger partial charge in [0.2, 0.25) is 0 Å². The minimum absolute atomic E-state index is 0.0544. The number of thiazole rings is 1. The number of nitrogens with one attached hydrogen (secondary N) is 1. The summed E-state index contributed by atoms with van der Waals surface area (Å²) in [5, 5.41) is 3.80. The number of aryl methyl sites for hydroxylation is 2. The van der Waals surface area contributed by atoms with Crippen molar-refractivity contribution in [1.29, 1.82) is 0 Å². The van der Waals surface area contributed by atoms with Gasteiger partial charge in [-0.3, -0.25) is 5.32 Å². The average molecular weight is 400 g/mol. The summed E-state index contributed by atoms with van der Waals surface area (Å²) in [6.45, 7) is 1.91. The Hall–Kier alpha value is -2.28. The number of likely N-dealkylation sites (tertiary alicyclic amines) is 1. The number of rotatable bonds is 2. The van der Waals surface area contributed by atoms with E-state index in [9.17, 15) is 4.79 Å². The van der Waals surface area contributed by atoms with Gasteiger partial charge in [0.05, 0.1) is 11.7 Å². The maximum atomic E-state index is 13.0. The number of benzene rings is 1. The van der Waals surface area contributed by atoms with E-state index in [0.29, 0.717) is 13.2 Å². The summed E-state index contributed by atoms with van der Waals surface area (Å²) in [4.78, 5) is 21.0. The molecule has 3 heterocycles. The van der Waals surface area contributed by atoms with Gasteiger partial charge in [0, 0.05) is 11.4 Å². The Kier molecular flexibility index (Phi) is 4.84. The Morgan fingerprint density at radius 2 is 1.96 bits per heavy atom. The summed E-state index contributed by atoms with van der Waals surface area (Å²) in [7, 11) is 0. The van der Waals surface area contributed by atoms with Crippen molar-refractivity contribution in [2.24, 2.45) is 0 Å². The van der Waals surface area contributed by atoms with E-state index < -0.39 is 0 Å². The van der Waals surface area contributed by atoms with Crippen LogP contribution in [0, 0.1) is 0 Å². The van der Waals surface area contributed by atoms with Crippen molar-refractivity contribution >= 4 is 22.5 Å². The number of hydrogen-bond donors (Lipinski definition) is 1. The number of amides is 2. The molecule has 7 heteroatoms. The van der Waals surface area contributed by atoms with Gasteiger partial charge in [0.1, 0.15) is 13.2 Å². The molecule has 1 aliphatic carbocycles. The van der Waals surface area contributed by atoms with Crippen LogP contribution in [0.1, 0.15) is 54.3 Å². The van der Waals surface area contributed by atoms with Crippen molar-refractivity contribution in [3.63, 3.8) is 0 Å². The molecule has 1 unspecified atom stereocenters. The summed E-state index contributed by atoms with van der Waals surface area (Å²) >= 11 is 1.65. The van der Waals surface area contributed by atoms with Gasteiger partial charge in [-0.2, -0.15) is 0 Å². The lowest BCUT2D eigenvalue weighted by atomic mass is 10.0. The third-order valence-electron chi connectivity index (χ3n) is 5.77. The van der Waals surface area contributed by atoms with E-state index in [1.54, 1.807) is 11.3 Å². The van der Waals surface area contributed by atoms with Gasteiger partial charge in [-0.25, -0.2) is 9.78 Å². The molecule has 1 saturated heterocycles. The van der Waals surface area contributed by atoms with Gasteiger partial charge < -0.3 is 14.4 Å². The predicted molar refractivity (Wildman–Crippen MR) is 109 cm³/mol. The van der Waals surface area contributed by atoms with Crippen LogP contribution in [0.15, 0.2) is 18.2 Å². The van der Waals surface area contributed by atoms with E-state index in [1.807, 2.05) is 17.0 Å². The van der Waals surface area contributed by atoms with Crippen LogP contribution >= 0.6 is 11.3 Å². The van der Waals surface area contributed by atoms with E-state index >= 15 is 0 Å². The van der Waals surface area contributed by atoms with Crippen molar-refractivity contribution in [1.82, 2.24) is 9.88 Å². The summed E-state index contributed by atoms with van der Waals surface area (Å²) in [6.07, 6.45) is 7.78. The van der Waals surface area contributed by atoms with Crippen molar-refractivity contribution in [3.05, 3.63) is 34.3 Å². The second-order valence-corrected chi connectivity index (χ2v) is 8.72. The molecule has 0 radical (unpaired) electrons. The molecule has 0 spiro atoms. The monoisotopic (exact) mass is 399 g/mol. The molecule has 0 bridgehead atoms. The predicted octanol–water partition coefficient (Wildman–Crippen LogP) is 4.55. The zero-order valence-electron chi connectivity index (χ0n) is 15.9. The molecule has 2 amide bonds. The first-order chi connectivity index (χ1) is 13.8. The molecule has 1 fully saturated rings. The lowest BCUT2D eigenvalue weighted by molar-refractivity contribution is 0.170. The Bertz CT molecular complexity index is 858. The number of aromatic nitrogens is 1. The van der Waals surface area contributed by atoms with E-state index in [2.05, 4.69) is 11.4 Å². The highest BCUT2D eigenvalue weighted by atomic mass is 32.1. The standard InChI is InChI=1S/C21H25N3O3S/c25-21(23-20-22-15-5-2-1-3-7-19(15)28-20)24-10-4-6-16(24)14-8-9-17-18(13-14)27-12-11-26-17/h8-9,13,16H,1-7,10-12H2,(H,22,23,25). The minimum Gasteiger partial charge on any atom is -0.486 e. The molecule has 1 N–H and O–H groups in total. The first-order valence-corrected chi connectivity index (χ1v) is 11.1. The van der Waals surface area contributed by atoms with Crippen LogP contribution in [0.4, 0.5) is 9.93 Å². The van der Waals surface area contributed by atoms with Gasteiger partial charge in [-0.1, -0.05) is 12.5 Å². The molecule has 0 saturated carbocycles. The number of carbonyl (C=O) groups excluding carboxylic acids is 1. The Labute approximate surface area is 168 Å². The largest absolute Gasteiger partial charge is 0.486 e. The van der Waals surface area contributed by atoms with E-state index in [-0.39, 0.29) is 12.1 Å². The molecule has 1 aromatic heterocycles. The molecule has 1 aromatic carbocycles. The fourth-order valence-electron chi connectivity index (χ4n) is 4.37. The summed E-state index contributed by atoms with van der Waals surface area (Å²) in [5.41, 5.74) is 2.29. The van der Waals surface area contributed by atoms with Crippen molar-refractivity contribution in [3.8, 4) is 11.5 Å². The van der Waals surface area contributed by atoms with Crippen LogP contribution < -0.4 is 14.8 Å². The molecule has 3 aliphatic rings. The molecular weight excluding hydrogens is 374 g/mol. The van der Waals surface area contributed by atoms with Crippen molar-refractivity contribution in [2.45, 2.75) is 51.0 Å². The first kappa shape index (κ1) is 17.8. The minimum atomic E-state index is -0.0544. The van der Waals surface area contributed by atoms with Crippen LogP contribution in [0.3, 0.4) is 0 Å². The third-order valence-corrected chi connectivity index (χ3v) is 6.85. The number of hydrogen-bond acceptors (Lipinski definition) is 5. The molecule has 28 heavy (non-hydrogen) atoms. The molecule has 6 nitrogen and oxygen atoms in total. The van der Waals surface area contributed by atoms with Gasteiger partial charge >= 0.3 is 6.03 Å². The molecular formula is C21H25N3O3S. The van der Waals surface area contributed by atoms with E-state index in [1.165, 1.54) is 29.8 Å². The van der Waals surface area contributed by atoms with Crippen molar-refractivity contribution < 1.29 is 14.3 Å². The topological polar surface area (TPSA) is 63.7 Å². The van der Waals surface area contributed by atoms with E-state index in [4.69, 9.17) is 14.5 Å². The summed E-state index contributed by atoms with van der Waals surface area (Å²) in [5.74, 6) is 1.56. The van der Waals surface area contributed by atoms with Gasteiger partial charge in [-0.05, 0) is 56.2 Å². The zero-order chi connectivity index (χ0) is 18.9. The summed E-state index contributed by atoms with van der Waals surface area (Å²) < 4.78 is 11.3.